The Kier molecular flexibility index (Phi) is 8.31. The summed E-state index contributed by atoms with van der Waals surface area (Å²) >= 11 is 0. The lowest BCUT2D eigenvalue weighted by molar-refractivity contribution is -0.128. The molecule has 2 aliphatic rings. The summed E-state index contributed by atoms with van der Waals surface area (Å²) in [5, 5.41) is 24.1. The molecule has 0 bridgehead atoms. The van der Waals surface area contributed by atoms with Crippen molar-refractivity contribution in [2.75, 3.05) is 50.1 Å². The number of likely N-dealkylation sites (N-methyl/N-ethyl adjacent to an activating group) is 1. The number of nitrogens with one attached hydrogen (secondary N) is 1. The van der Waals surface area contributed by atoms with Crippen molar-refractivity contribution in [2.45, 2.75) is 31.3 Å². The molecular weight excluding hydrogens is 522 g/mol. The van der Waals surface area contributed by atoms with Crippen LogP contribution in [0.25, 0.3) is 10.8 Å². The van der Waals surface area contributed by atoms with Crippen molar-refractivity contribution in [2.24, 2.45) is 0 Å². The number of nitriles is 1. The van der Waals surface area contributed by atoms with E-state index < -0.39 is 5.91 Å². The Balaban J connectivity index is 1.45. The molecule has 0 spiro atoms. The molecule has 5 rings (SSSR count). The van der Waals surface area contributed by atoms with Crippen LogP contribution in [-0.2, 0) is 4.79 Å². The van der Waals surface area contributed by atoms with E-state index in [1.54, 1.807) is 17.0 Å². The highest BCUT2D eigenvalue weighted by atomic mass is 16.5. The number of carbonyl (C=O) groups is 2. The van der Waals surface area contributed by atoms with E-state index >= 15 is 0 Å². The van der Waals surface area contributed by atoms with Crippen molar-refractivity contribution in [3.63, 3.8) is 0 Å². The highest BCUT2D eigenvalue weighted by molar-refractivity contribution is 6.09. The predicted octanol–water partition coefficient (Wildman–Crippen LogP) is 3.18. The summed E-state index contributed by atoms with van der Waals surface area (Å²) in [6.45, 7) is 6.14. The highest BCUT2D eigenvalue weighted by Crippen LogP contribution is 2.30. The number of nitrogens with zero attached hydrogens (tertiary/aromatic N) is 6. The quantitative estimate of drug-likeness (QED) is 0.402. The van der Waals surface area contributed by atoms with Crippen LogP contribution < -0.4 is 15.0 Å². The number of phenolic OH excluding ortho intramolecular Hbond substituents is 1. The van der Waals surface area contributed by atoms with Crippen LogP contribution in [0.4, 0.5) is 11.5 Å². The van der Waals surface area contributed by atoms with E-state index in [-0.39, 0.29) is 41.9 Å². The second-order valence-electron chi connectivity index (χ2n) is 10.3. The zero-order chi connectivity index (χ0) is 28.9. The maximum Gasteiger partial charge on any atom is 0.319 e. The SMILES string of the molecule is C=CC(=O)N1CCN(c2cc(C(=O)Nc3cc(O)cc4ccccc34)nc(OC[C@H]3CCCN3C)n2)C[C@@H]1CC#N. The van der Waals surface area contributed by atoms with Crippen molar-refractivity contribution in [1.29, 1.82) is 5.26 Å². The molecule has 1 aromatic heterocycles. The molecule has 0 radical (unpaired) electrons. The van der Waals surface area contributed by atoms with Crippen LogP contribution in [0.3, 0.4) is 0 Å². The van der Waals surface area contributed by atoms with Gasteiger partial charge in [0.25, 0.3) is 5.91 Å². The lowest BCUT2D eigenvalue weighted by atomic mass is 10.1. The van der Waals surface area contributed by atoms with E-state index in [1.165, 1.54) is 12.1 Å². The van der Waals surface area contributed by atoms with E-state index in [4.69, 9.17) is 4.74 Å². The van der Waals surface area contributed by atoms with Gasteiger partial charge in [-0.1, -0.05) is 30.8 Å². The molecule has 11 heteroatoms. The fraction of sp³-hybridized carbons (Fsp3) is 0.367. The molecular formula is C30H33N7O4. The van der Waals surface area contributed by atoms with Crippen LogP contribution in [0.2, 0.25) is 0 Å². The van der Waals surface area contributed by atoms with E-state index in [0.717, 1.165) is 30.2 Å². The molecule has 0 saturated carbocycles. The van der Waals surface area contributed by atoms with E-state index in [1.807, 2.05) is 29.2 Å². The van der Waals surface area contributed by atoms with Gasteiger partial charge in [-0.3, -0.25) is 9.59 Å². The Hall–Kier alpha value is -4.69. The van der Waals surface area contributed by atoms with Gasteiger partial charge in [0.15, 0.2) is 0 Å². The van der Waals surface area contributed by atoms with Gasteiger partial charge in [0, 0.05) is 43.2 Å². The molecule has 41 heavy (non-hydrogen) atoms. The van der Waals surface area contributed by atoms with Gasteiger partial charge in [0.2, 0.25) is 5.91 Å². The minimum atomic E-state index is -0.485. The molecule has 2 saturated heterocycles. The smallest absolute Gasteiger partial charge is 0.319 e. The Morgan fingerprint density at radius 3 is 2.78 bits per heavy atom. The number of rotatable bonds is 8. The topological polar surface area (TPSA) is 135 Å². The summed E-state index contributed by atoms with van der Waals surface area (Å²) in [5.41, 5.74) is 0.546. The molecule has 3 heterocycles. The van der Waals surface area contributed by atoms with E-state index in [9.17, 15) is 20.0 Å². The molecule has 11 nitrogen and oxygen atoms in total. The van der Waals surface area contributed by atoms with E-state index in [0.29, 0.717) is 37.7 Å². The lowest BCUT2D eigenvalue weighted by Crippen LogP contribution is -2.55. The minimum absolute atomic E-state index is 0.0301. The number of fused-ring (bicyclic) bond motifs is 1. The largest absolute Gasteiger partial charge is 0.508 e. The number of hydrogen-bond acceptors (Lipinski definition) is 9. The molecule has 2 aliphatic heterocycles. The number of hydrogen-bond donors (Lipinski definition) is 2. The first-order chi connectivity index (χ1) is 19.9. The number of aromatic hydroxyl groups is 1. The first kappa shape index (κ1) is 27.9. The van der Waals surface area contributed by atoms with Gasteiger partial charge >= 0.3 is 6.01 Å². The van der Waals surface area contributed by atoms with Crippen LogP contribution in [0.1, 0.15) is 29.8 Å². The van der Waals surface area contributed by atoms with Gasteiger partial charge in [-0.05, 0) is 44.0 Å². The highest BCUT2D eigenvalue weighted by Gasteiger charge is 2.31. The number of aromatic nitrogens is 2. The fourth-order valence-electron chi connectivity index (χ4n) is 5.45. The third-order valence-corrected chi connectivity index (χ3v) is 7.69. The van der Waals surface area contributed by atoms with Crippen LogP contribution in [0, 0.1) is 11.3 Å². The number of benzene rings is 2. The molecule has 2 aromatic carbocycles. The summed E-state index contributed by atoms with van der Waals surface area (Å²) in [6.07, 6.45) is 3.49. The van der Waals surface area contributed by atoms with Crippen molar-refractivity contribution in [1.82, 2.24) is 19.8 Å². The maximum absolute atomic E-state index is 13.5. The van der Waals surface area contributed by atoms with Crippen LogP contribution >= 0.6 is 0 Å². The van der Waals surface area contributed by atoms with Crippen molar-refractivity contribution >= 4 is 34.1 Å². The second kappa shape index (κ2) is 12.2. The maximum atomic E-state index is 13.5. The molecule has 0 aliphatic carbocycles. The standard InChI is InChI=1S/C30H33N7O4/c1-3-28(39)37-14-13-36(18-21(37)10-11-31)27-17-26(33-30(34-27)41-19-22-8-6-12-35(22)2)29(40)32-25-16-23(38)15-20-7-4-5-9-24(20)25/h3-5,7,9,15-17,21-22,38H,1,6,8,10,12-14,18-19H2,2H3,(H,32,40)/t21-,22+/m0/s1. The third kappa shape index (κ3) is 6.23. The number of carbonyl (C=O) groups excluding carboxylic acids is 2. The van der Waals surface area contributed by atoms with Crippen molar-refractivity contribution in [3.8, 4) is 17.8 Å². The molecule has 2 atom stereocenters. The van der Waals surface area contributed by atoms with Gasteiger partial charge < -0.3 is 29.9 Å². The van der Waals surface area contributed by atoms with Gasteiger partial charge in [0.1, 0.15) is 23.9 Å². The van der Waals surface area contributed by atoms with Crippen LogP contribution in [0.15, 0.2) is 55.1 Å². The van der Waals surface area contributed by atoms with Gasteiger partial charge in [-0.15, -0.1) is 0 Å². The number of phenols is 1. The summed E-state index contributed by atoms with van der Waals surface area (Å²) in [5.74, 6) is -0.214. The average Bonchev–Trinajstić information content (AvgIpc) is 3.39. The number of anilines is 2. The van der Waals surface area contributed by atoms with Crippen molar-refractivity contribution < 1.29 is 19.4 Å². The molecule has 3 aromatic rings. The lowest BCUT2D eigenvalue weighted by Gasteiger charge is -2.40. The zero-order valence-corrected chi connectivity index (χ0v) is 23.0. The third-order valence-electron chi connectivity index (χ3n) is 7.69. The zero-order valence-electron chi connectivity index (χ0n) is 23.0. The average molecular weight is 556 g/mol. The Morgan fingerprint density at radius 1 is 1.20 bits per heavy atom. The summed E-state index contributed by atoms with van der Waals surface area (Å²) in [6, 6.07) is 14.3. The van der Waals surface area contributed by atoms with Gasteiger partial charge in [-0.25, -0.2) is 0 Å². The number of ether oxygens (including phenoxy) is 1. The summed E-state index contributed by atoms with van der Waals surface area (Å²) in [4.78, 5) is 40.8. The first-order valence-corrected chi connectivity index (χ1v) is 13.7. The minimum Gasteiger partial charge on any atom is -0.508 e. The normalized spacial score (nSPS) is 19.1. The number of piperazine rings is 1. The van der Waals surface area contributed by atoms with Gasteiger partial charge in [-0.2, -0.15) is 15.2 Å². The predicted molar refractivity (Wildman–Crippen MR) is 155 cm³/mol. The fourth-order valence-corrected chi connectivity index (χ4v) is 5.45. The monoisotopic (exact) mass is 555 g/mol. The van der Waals surface area contributed by atoms with Crippen molar-refractivity contribution in [3.05, 3.63) is 60.8 Å². The molecule has 0 unspecified atom stereocenters. The van der Waals surface area contributed by atoms with Crippen LogP contribution in [-0.4, -0.2) is 88.6 Å². The Morgan fingerprint density at radius 2 is 2.02 bits per heavy atom. The molecule has 2 amide bonds. The van der Waals surface area contributed by atoms with Gasteiger partial charge in [0.05, 0.1) is 24.2 Å². The van der Waals surface area contributed by atoms with E-state index in [2.05, 4.69) is 39.9 Å². The number of amides is 2. The van der Waals surface area contributed by atoms with Crippen LogP contribution in [0.5, 0.6) is 11.8 Å². The number of likely N-dealkylation sites (tertiary alicyclic amines) is 1. The molecule has 212 valence electrons. The molecule has 2 fully saturated rings. The Bertz CT molecular complexity index is 1500. The summed E-state index contributed by atoms with van der Waals surface area (Å²) < 4.78 is 6.03. The first-order valence-electron chi connectivity index (χ1n) is 13.7. The summed E-state index contributed by atoms with van der Waals surface area (Å²) in [7, 11) is 2.05. The Labute approximate surface area is 238 Å². The molecule has 2 N–H and O–H groups in total. The second-order valence-corrected chi connectivity index (χ2v) is 10.3.